The van der Waals surface area contributed by atoms with Crippen LogP contribution in [-0.4, -0.2) is 28.0 Å². The Morgan fingerprint density at radius 2 is 2.57 bits per heavy atom. The molecule has 78 valence electrons. The fourth-order valence-electron chi connectivity index (χ4n) is 1.94. The van der Waals surface area contributed by atoms with Gasteiger partial charge in [-0.15, -0.1) is 10.2 Å². The molecule has 1 saturated heterocycles. The summed E-state index contributed by atoms with van der Waals surface area (Å²) in [6.07, 6.45) is 5.28. The van der Waals surface area contributed by atoms with Gasteiger partial charge >= 0.3 is 0 Å². The molecule has 1 aromatic heterocycles. The third-order valence-corrected chi connectivity index (χ3v) is 2.64. The lowest BCUT2D eigenvalue weighted by molar-refractivity contribution is 0.0769. The van der Waals surface area contributed by atoms with Crippen LogP contribution in [0.2, 0.25) is 0 Å². The standard InChI is InChI=1S/C10H17N3O/c1-2-5-13-8-11-12-10(13)9-4-3-6-14-7-9/h8-9H,2-7H2,1H3. The Hall–Kier alpha value is -0.900. The Morgan fingerprint density at radius 1 is 1.64 bits per heavy atom. The number of hydrogen-bond acceptors (Lipinski definition) is 3. The van der Waals surface area contributed by atoms with Crippen molar-refractivity contribution in [1.82, 2.24) is 14.8 Å². The van der Waals surface area contributed by atoms with E-state index in [1.54, 1.807) is 0 Å². The van der Waals surface area contributed by atoms with Crippen molar-refractivity contribution in [3.8, 4) is 0 Å². The maximum Gasteiger partial charge on any atom is 0.138 e. The van der Waals surface area contributed by atoms with Gasteiger partial charge in [-0.25, -0.2) is 0 Å². The zero-order valence-electron chi connectivity index (χ0n) is 8.65. The summed E-state index contributed by atoms with van der Waals surface area (Å²) in [7, 11) is 0. The van der Waals surface area contributed by atoms with Crippen molar-refractivity contribution in [2.24, 2.45) is 0 Å². The van der Waals surface area contributed by atoms with Gasteiger partial charge in [0.2, 0.25) is 0 Å². The predicted octanol–water partition coefficient (Wildman–Crippen LogP) is 1.58. The highest BCUT2D eigenvalue weighted by molar-refractivity contribution is 4.97. The molecule has 4 heteroatoms. The van der Waals surface area contributed by atoms with E-state index in [0.717, 1.165) is 38.4 Å². The molecule has 0 radical (unpaired) electrons. The van der Waals surface area contributed by atoms with Crippen LogP contribution in [0.5, 0.6) is 0 Å². The molecule has 1 aliphatic heterocycles. The first-order valence-electron chi connectivity index (χ1n) is 5.37. The molecular formula is C10H17N3O. The molecule has 1 fully saturated rings. The van der Waals surface area contributed by atoms with Crippen LogP contribution in [0.4, 0.5) is 0 Å². The summed E-state index contributed by atoms with van der Waals surface area (Å²) in [5, 5.41) is 8.16. The van der Waals surface area contributed by atoms with Gasteiger partial charge in [0.15, 0.2) is 0 Å². The molecule has 0 aromatic carbocycles. The average Bonchev–Trinajstić information content (AvgIpc) is 2.68. The molecule has 0 saturated carbocycles. The van der Waals surface area contributed by atoms with Crippen LogP contribution < -0.4 is 0 Å². The summed E-state index contributed by atoms with van der Waals surface area (Å²) in [4.78, 5) is 0. The van der Waals surface area contributed by atoms with Crippen LogP contribution in [0.3, 0.4) is 0 Å². The highest BCUT2D eigenvalue weighted by Gasteiger charge is 2.20. The Bertz CT molecular complexity index is 279. The summed E-state index contributed by atoms with van der Waals surface area (Å²) >= 11 is 0. The lowest BCUT2D eigenvalue weighted by Gasteiger charge is -2.21. The monoisotopic (exact) mass is 195 g/mol. The van der Waals surface area contributed by atoms with Crippen LogP contribution >= 0.6 is 0 Å². The Balaban J connectivity index is 2.09. The zero-order valence-corrected chi connectivity index (χ0v) is 8.65. The fourth-order valence-corrected chi connectivity index (χ4v) is 1.94. The number of ether oxygens (including phenoxy) is 1. The molecule has 1 unspecified atom stereocenters. The summed E-state index contributed by atoms with van der Waals surface area (Å²) < 4.78 is 7.61. The van der Waals surface area contributed by atoms with E-state index in [4.69, 9.17) is 4.74 Å². The third-order valence-electron chi connectivity index (χ3n) is 2.64. The lowest BCUT2D eigenvalue weighted by Crippen LogP contribution is -2.19. The molecule has 0 amide bonds. The van der Waals surface area contributed by atoms with Gasteiger partial charge < -0.3 is 9.30 Å². The van der Waals surface area contributed by atoms with E-state index in [1.807, 2.05) is 6.33 Å². The summed E-state index contributed by atoms with van der Waals surface area (Å²) in [6, 6.07) is 0. The SMILES string of the molecule is CCCn1cnnc1C1CCCOC1. The first kappa shape index (κ1) is 9.65. The Morgan fingerprint density at radius 3 is 3.29 bits per heavy atom. The zero-order chi connectivity index (χ0) is 9.80. The summed E-state index contributed by atoms with van der Waals surface area (Å²) in [5.41, 5.74) is 0. The minimum absolute atomic E-state index is 0.456. The van der Waals surface area contributed by atoms with Gasteiger partial charge in [0, 0.05) is 19.1 Å². The van der Waals surface area contributed by atoms with Crippen LogP contribution in [0.1, 0.15) is 37.9 Å². The molecule has 1 atom stereocenters. The van der Waals surface area contributed by atoms with E-state index in [9.17, 15) is 0 Å². The van der Waals surface area contributed by atoms with Gasteiger partial charge in [-0.1, -0.05) is 6.92 Å². The highest BCUT2D eigenvalue weighted by Crippen LogP contribution is 2.23. The van der Waals surface area contributed by atoms with Gasteiger partial charge in [-0.2, -0.15) is 0 Å². The molecule has 2 rings (SSSR count). The number of aryl methyl sites for hydroxylation is 1. The minimum atomic E-state index is 0.456. The Kier molecular flexibility index (Phi) is 3.14. The maximum atomic E-state index is 5.46. The Labute approximate surface area is 84.3 Å². The molecule has 0 spiro atoms. The fraction of sp³-hybridized carbons (Fsp3) is 0.800. The van der Waals surface area contributed by atoms with Gasteiger partial charge in [-0.05, 0) is 19.3 Å². The van der Waals surface area contributed by atoms with Crippen LogP contribution in [0.15, 0.2) is 6.33 Å². The lowest BCUT2D eigenvalue weighted by atomic mass is 10.0. The van der Waals surface area contributed by atoms with Gasteiger partial charge in [0.05, 0.1) is 6.61 Å². The third kappa shape index (κ3) is 1.95. The van der Waals surface area contributed by atoms with Crippen molar-refractivity contribution < 1.29 is 4.74 Å². The van der Waals surface area contributed by atoms with Crippen LogP contribution in [0, 0.1) is 0 Å². The van der Waals surface area contributed by atoms with E-state index in [2.05, 4.69) is 21.7 Å². The molecule has 14 heavy (non-hydrogen) atoms. The van der Waals surface area contributed by atoms with Crippen molar-refractivity contribution in [2.45, 2.75) is 38.6 Å². The second kappa shape index (κ2) is 4.55. The summed E-state index contributed by atoms with van der Waals surface area (Å²) in [5.74, 6) is 1.56. The van der Waals surface area contributed by atoms with Crippen LogP contribution in [-0.2, 0) is 11.3 Å². The second-order valence-electron chi connectivity index (χ2n) is 3.80. The number of hydrogen-bond donors (Lipinski definition) is 0. The first-order chi connectivity index (χ1) is 6.92. The molecule has 0 N–H and O–H groups in total. The van der Waals surface area contributed by atoms with Crippen molar-refractivity contribution in [3.63, 3.8) is 0 Å². The highest BCUT2D eigenvalue weighted by atomic mass is 16.5. The van der Waals surface area contributed by atoms with E-state index in [1.165, 1.54) is 6.42 Å². The molecule has 1 aromatic rings. The quantitative estimate of drug-likeness (QED) is 0.735. The van der Waals surface area contributed by atoms with E-state index in [-0.39, 0.29) is 0 Å². The number of aromatic nitrogens is 3. The maximum absolute atomic E-state index is 5.46. The normalized spacial score (nSPS) is 22.5. The number of nitrogens with zero attached hydrogens (tertiary/aromatic N) is 3. The molecular weight excluding hydrogens is 178 g/mol. The first-order valence-corrected chi connectivity index (χ1v) is 5.37. The number of rotatable bonds is 3. The smallest absolute Gasteiger partial charge is 0.138 e. The predicted molar refractivity (Wildman–Crippen MR) is 53.1 cm³/mol. The van der Waals surface area contributed by atoms with Crippen molar-refractivity contribution in [3.05, 3.63) is 12.2 Å². The van der Waals surface area contributed by atoms with E-state index in [0.29, 0.717) is 5.92 Å². The van der Waals surface area contributed by atoms with Crippen LogP contribution in [0.25, 0.3) is 0 Å². The molecule has 0 aliphatic carbocycles. The van der Waals surface area contributed by atoms with Gasteiger partial charge in [0.1, 0.15) is 12.2 Å². The molecule has 1 aliphatic rings. The van der Waals surface area contributed by atoms with Crippen molar-refractivity contribution in [1.29, 1.82) is 0 Å². The largest absolute Gasteiger partial charge is 0.381 e. The van der Waals surface area contributed by atoms with Gasteiger partial charge in [-0.3, -0.25) is 0 Å². The van der Waals surface area contributed by atoms with E-state index >= 15 is 0 Å². The van der Waals surface area contributed by atoms with Crippen molar-refractivity contribution >= 4 is 0 Å². The summed E-state index contributed by atoms with van der Waals surface area (Å²) in [6.45, 7) is 4.89. The topological polar surface area (TPSA) is 39.9 Å². The minimum Gasteiger partial charge on any atom is -0.381 e. The van der Waals surface area contributed by atoms with Gasteiger partial charge in [0.25, 0.3) is 0 Å². The van der Waals surface area contributed by atoms with E-state index < -0.39 is 0 Å². The van der Waals surface area contributed by atoms with Crippen molar-refractivity contribution in [2.75, 3.05) is 13.2 Å². The molecule has 0 bridgehead atoms. The molecule has 2 heterocycles. The molecule has 4 nitrogen and oxygen atoms in total. The second-order valence-corrected chi connectivity index (χ2v) is 3.80. The average molecular weight is 195 g/mol.